The van der Waals surface area contributed by atoms with Gasteiger partial charge in [0.2, 0.25) is 0 Å². The Bertz CT molecular complexity index is 1180. The average molecular weight is 332 g/mol. The van der Waals surface area contributed by atoms with Crippen molar-refractivity contribution < 1.29 is 4.74 Å². The van der Waals surface area contributed by atoms with E-state index in [0.29, 0.717) is 28.1 Å². The van der Waals surface area contributed by atoms with Gasteiger partial charge in [-0.15, -0.1) is 0 Å². The molecule has 0 aliphatic heterocycles. The summed E-state index contributed by atoms with van der Waals surface area (Å²) in [5, 5.41) is 9.60. The number of benzene rings is 1. The van der Waals surface area contributed by atoms with Gasteiger partial charge in [-0.25, -0.2) is 9.97 Å². The molecule has 0 spiro atoms. The lowest BCUT2D eigenvalue weighted by atomic mass is 10.1. The Morgan fingerprint density at radius 3 is 2.76 bits per heavy atom. The Morgan fingerprint density at radius 1 is 1.24 bits per heavy atom. The summed E-state index contributed by atoms with van der Waals surface area (Å²) >= 11 is 0. The standard InChI is InChI=1S/C18H16N6O/c1-10-4-5-13(25-3)11(2)15(10)24-16-14(12(8-19)17(24)20)22-9-23-7-6-21-18(16)23/h4-7,9H,20H2,1-3H3. The quantitative estimate of drug-likeness (QED) is 0.609. The highest BCUT2D eigenvalue weighted by molar-refractivity contribution is 5.98. The summed E-state index contributed by atoms with van der Waals surface area (Å²) in [6.07, 6.45) is 5.15. The topological polar surface area (TPSA) is 94.2 Å². The molecule has 0 bridgehead atoms. The third kappa shape index (κ3) is 1.91. The average Bonchev–Trinajstić information content (AvgIpc) is 3.17. The number of aryl methyl sites for hydroxylation is 1. The Balaban J connectivity index is 2.26. The highest BCUT2D eigenvalue weighted by atomic mass is 16.5. The molecule has 0 atom stereocenters. The maximum Gasteiger partial charge on any atom is 0.164 e. The number of nitriles is 1. The van der Waals surface area contributed by atoms with Gasteiger partial charge in [-0.2, -0.15) is 5.26 Å². The highest BCUT2D eigenvalue weighted by Gasteiger charge is 2.23. The van der Waals surface area contributed by atoms with Gasteiger partial charge in [0.15, 0.2) is 5.65 Å². The lowest BCUT2D eigenvalue weighted by Gasteiger charge is -2.17. The molecule has 0 radical (unpaired) electrons. The third-order valence-corrected chi connectivity index (χ3v) is 4.51. The van der Waals surface area contributed by atoms with E-state index in [1.807, 2.05) is 41.1 Å². The molecule has 0 aliphatic rings. The second kappa shape index (κ2) is 5.24. The zero-order chi connectivity index (χ0) is 17.7. The molecule has 3 aromatic heterocycles. The fraction of sp³-hybridized carbons (Fsp3) is 0.167. The molecule has 124 valence electrons. The Labute approximate surface area is 143 Å². The molecule has 0 unspecified atom stereocenters. The van der Waals surface area contributed by atoms with E-state index in [2.05, 4.69) is 16.0 Å². The van der Waals surface area contributed by atoms with Crippen molar-refractivity contribution in [2.24, 2.45) is 0 Å². The summed E-state index contributed by atoms with van der Waals surface area (Å²) in [6, 6.07) is 6.07. The molecule has 0 saturated heterocycles. The van der Waals surface area contributed by atoms with Crippen molar-refractivity contribution in [2.45, 2.75) is 13.8 Å². The van der Waals surface area contributed by atoms with E-state index in [1.165, 1.54) is 0 Å². The van der Waals surface area contributed by atoms with Crippen LogP contribution in [0.15, 0.2) is 30.9 Å². The van der Waals surface area contributed by atoms with Gasteiger partial charge in [-0.3, -0.25) is 8.97 Å². The second-order valence-electron chi connectivity index (χ2n) is 5.87. The van der Waals surface area contributed by atoms with Crippen molar-refractivity contribution in [2.75, 3.05) is 12.8 Å². The molecule has 0 fully saturated rings. The van der Waals surface area contributed by atoms with Gasteiger partial charge in [-0.1, -0.05) is 6.07 Å². The van der Waals surface area contributed by atoms with E-state index in [9.17, 15) is 5.26 Å². The molecule has 4 aromatic rings. The number of nitrogen functional groups attached to an aromatic ring is 1. The van der Waals surface area contributed by atoms with Crippen LogP contribution >= 0.6 is 0 Å². The maximum atomic E-state index is 9.60. The zero-order valence-electron chi connectivity index (χ0n) is 14.1. The zero-order valence-corrected chi connectivity index (χ0v) is 14.1. The molecule has 7 heteroatoms. The van der Waals surface area contributed by atoms with Crippen LogP contribution in [0.25, 0.3) is 22.4 Å². The molecule has 0 aliphatic carbocycles. The first-order chi connectivity index (χ1) is 12.1. The van der Waals surface area contributed by atoms with E-state index >= 15 is 0 Å². The number of fused-ring (bicyclic) bond motifs is 3. The van der Waals surface area contributed by atoms with Crippen LogP contribution in [-0.2, 0) is 0 Å². The van der Waals surface area contributed by atoms with Gasteiger partial charge in [0.1, 0.15) is 40.6 Å². The molecular weight excluding hydrogens is 316 g/mol. The summed E-state index contributed by atoms with van der Waals surface area (Å²) in [6.45, 7) is 3.97. The van der Waals surface area contributed by atoms with Crippen LogP contribution in [0.5, 0.6) is 5.75 Å². The molecule has 2 N–H and O–H groups in total. The number of hydrogen-bond donors (Lipinski definition) is 1. The first-order valence-electron chi connectivity index (χ1n) is 7.74. The molecule has 7 nitrogen and oxygen atoms in total. The van der Waals surface area contributed by atoms with E-state index in [0.717, 1.165) is 22.6 Å². The van der Waals surface area contributed by atoms with Gasteiger partial charge in [0, 0.05) is 18.0 Å². The summed E-state index contributed by atoms with van der Waals surface area (Å²) in [4.78, 5) is 8.86. The summed E-state index contributed by atoms with van der Waals surface area (Å²) in [5.41, 5.74) is 11.5. The fourth-order valence-corrected chi connectivity index (χ4v) is 3.34. The summed E-state index contributed by atoms with van der Waals surface area (Å²) in [7, 11) is 1.63. The minimum absolute atomic E-state index is 0.348. The van der Waals surface area contributed by atoms with Crippen molar-refractivity contribution in [1.82, 2.24) is 18.9 Å². The first kappa shape index (κ1) is 15.0. The number of ether oxygens (including phenoxy) is 1. The van der Waals surface area contributed by atoms with Crippen LogP contribution < -0.4 is 10.5 Å². The monoisotopic (exact) mass is 332 g/mol. The largest absolute Gasteiger partial charge is 0.496 e. The maximum absolute atomic E-state index is 9.60. The third-order valence-electron chi connectivity index (χ3n) is 4.51. The van der Waals surface area contributed by atoms with E-state index in [4.69, 9.17) is 10.5 Å². The number of rotatable bonds is 2. The minimum Gasteiger partial charge on any atom is -0.496 e. The Morgan fingerprint density at radius 2 is 2.04 bits per heavy atom. The summed E-state index contributed by atoms with van der Waals surface area (Å²) in [5.74, 6) is 1.10. The van der Waals surface area contributed by atoms with Crippen LogP contribution in [0.1, 0.15) is 16.7 Å². The van der Waals surface area contributed by atoms with Crippen molar-refractivity contribution >= 4 is 22.5 Å². The summed E-state index contributed by atoms with van der Waals surface area (Å²) < 4.78 is 9.13. The van der Waals surface area contributed by atoms with Crippen LogP contribution in [0.2, 0.25) is 0 Å². The van der Waals surface area contributed by atoms with Crippen LogP contribution in [0, 0.1) is 25.2 Å². The lowest BCUT2D eigenvalue weighted by molar-refractivity contribution is 0.411. The Hall–Kier alpha value is -3.53. The minimum atomic E-state index is 0.348. The van der Waals surface area contributed by atoms with E-state index < -0.39 is 0 Å². The molecular formula is C18H16N6O. The van der Waals surface area contributed by atoms with Gasteiger partial charge >= 0.3 is 0 Å². The van der Waals surface area contributed by atoms with Crippen LogP contribution in [0.4, 0.5) is 5.82 Å². The predicted molar refractivity (Wildman–Crippen MR) is 95.0 cm³/mol. The first-order valence-corrected chi connectivity index (χ1v) is 7.74. The fourth-order valence-electron chi connectivity index (χ4n) is 3.34. The molecule has 25 heavy (non-hydrogen) atoms. The number of nitrogens with zero attached hydrogens (tertiary/aromatic N) is 5. The number of methoxy groups -OCH3 is 1. The molecule has 0 amide bonds. The molecule has 1 aromatic carbocycles. The smallest absolute Gasteiger partial charge is 0.164 e. The molecule has 3 heterocycles. The van der Waals surface area contributed by atoms with Gasteiger partial charge in [0.05, 0.1) is 12.8 Å². The SMILES string of the molecule is COc1ccc(C)c(-n2c(N)c(C#N)c3ncn4ccnc4c32)c1C. The lowest BCUT2D eigenvalue weighted by Crippen LogP contribution is -2.06. The van der Waals surface area contributed by atoms with E-state index in [-0.39, 0.29) is 0 Å². The predicted octanol–water partition coefficient (Wildman–Crippen LogP) is 2.75. The second-order valence-corrected chi connectivity index (χ2v) is 5.87. The van der Waals surface area contributed by atoms with Gasteiger partial charge in [0.25, 0.3) is 0 Å². The Kier molecular flexibility index (Phi) is 3.15. The van der Waals surface area contributed by atoms with Gasteiger partial charge in [-0.05, 0) is 25.5 Å². The van der Waals surface area contributed by atoms with Gasteiger partial charge < -0.3 is 10.5 Å². The van der Waals surface area contributed by atoms with Crippen molar-refractivity contribution in [3.8, 4) is 17.5 Å². The number of aromatic nitrogens is 4. The number of nitrogens with two attached hydrogens (primary N) is 1. The number of anilines is 1. The van der Waals surface area contributed by atoms with Crippen LogP contribution in [-0.4, -0.2) is 26.0 Å². The molecule has 4 rings (SSSR count). The van der Waals surface area contributed by atoms with Crippen molar-refractivity contribution in [3.05, 3.63) is 47.5 Å². The normalized spacial score (nSPS) is 11.1. The number of hydrogen-bond acceptors (Lipinski definition) is 5. The van der Waals surface area contributed by atoms with Crippen molar-refractivity contribution in [3.63, 3.8) is 0 Å². The molecule has 0 saturated carbocycles. The number of imidazole rings is 1. The van der Waals surface area contributed by atoms with Crippen molar-refractivity contribution in [1.29, 1.82) is 5.26 Å². The highest BCUT2D eigenvalue weighted by Crippen LogP contribution is 2.36. The van der Waals surface area contributed by atoms with Crippen LogP contribution in [0.3, 0.4) is 0 Å². The van der Waals surface area contributed by atoms with E-state index in [1.54, 1.807) is 19.6 Å².